The molecule has 0 unspecified atom stereocenters. The van der Waals surface area contributed by atoms with E-state index in [-0.39, 0.29) is 5.78 Å². The van der Waals surface area contributed by atoms with Gasteiger partial charge in [-0.3, -0.25) is 4.79 Å². The van der Waals surface area contributed by atoms with E-state index < -0.39 is 0 Å². The van der Waals surface area contributed by atoms with Gasteiger partial charge in [-0.05, 0) is 38.2 Å². The van der Waals surface area contributed by atoms with Gasteiger partial charge in [0.1, 0.15) is 12.4 Å². The molecule has 0 atom stereocenters. The van der Waals surface area contributed by atoms with Crippen LogP contribution in [0, 0.1) is 0 Å². The van der Waals surface area contributed by atoms with E-state index in [4.69, 9.17) is 4.74 Å². The predicted octanol–water partition coefficient (Wildman–Crippen LogP) is 3.37. The molecule has 0 saturated carbocycles. The van der Waals surface area contributed by atoms with Gasteiger partial charge < -0.3 is 9.64 Å². The van der Waals surface area contributed by atoms with Gasteiger partial charge >= 0.3 is 0 Å². The molecular weight excluding hydrogens is 294 g/mol. The molecule has 0 bridgehead atoms. The lowest BCUT2D eigenvalue weighted by atomic mass is 10.1. The number of likely N-dealkylation sites (N-methyl/N-ethyl adjacent to an activating group) is 1. The van der Waals surface area contributed by atoms with Crippen molar-refractivity contribution >= 4 is 21.7 Å². The summed E-state index contributed by atoms with van der Waals surface area (Å²) in [6, 6.07) is 5.49. The van der Waals surface area contributed by atoms with E-state index in [0.717, 1.165) is 24.1 Å². The number of benzene rings is 1. The number of ketones is 1. The Morgan fingerprint density at radius 3 is 2.56 bits per heavy atom. The summed E-state index contributed by atoms with van der Waals surface area (Å²) in [7, 11) is 0. The average Bonchev–Trinajstić information content (AvgIpc) is 2.34. The molecule has 0 aliphatic heterocycles. The standard InChI is InChI=1S/C14H20BrNO2/c1-4-16(5-2)8-9-18-14-10-12(15)6-7-13(14)11(3)17/h6-7,10H,4-5,8-9H2,1-3H3. The molecule has 0 amide bonds. The zero-order chi connectivity index (χ0) is 13.5. The predicted molar refractivity (Wildman–Crippen MR) is 77.4 cm³/mol. The van der Waals surface area contributed by atoms with E-state index >= 15 is 0 Å². The van der Waals surface area contributed by atoms with E-state index in [1.165, 1.54) is 0 Å². The monoisotopic (exact) mass is 313 g/mol. The molecule has 18 heavy (non-hydrogen) atoms. The van der Waals surface area contributed by atoms with Crippen molar-refractivity contribution < 1.29 is 9.53 Å². The fourth-order valence-electron chi connectivity index (χ4n) is 1.73. The quantitative estimate of drug-likeness (QED) is 0.723. The van der Waals surface area contributed by atoms with Gasteiger partial charge in [-0.1, -0.05) is 29.8 Å². The Hall–Kier alpha value is -0.870. The number of hydrogen-bond acceptors (Lipinski definition) is 3. The summed E-state index contributed by atoms with van der Waals surface area (Å²) in [6.45, 7) is 9.30. The van der Waals surface area contributed by atoms with Crippen LogP contribution >= 0.6 is 15.9 Å². The summed E-state index contributed by atoms with van der Waals surface area (Å²) in [5.41, 5.74) is 0.637. The Bertz CT molecular complexity index is 403. The van der Waals surface area contributed by atoms with Crippen LogP contribution in [0.3, 0.4) is 0 Å². The zero-order valence-corrected chi connectivity index (χ0v) is 12.8. The number of carbonyl (C=O) groups excluding carboxylic acids is 1. The molecule has 0 aliphatic rings. The largest absolute Gasteiger partial charge is 0.491 e. The zero-order valence-electron chi connectivity index (χ0n) is 11.2. The third-order valence-corrected chi connectivity index (χ3v) is 3.38. The van der Waals surface area contributed by atoms with Gasteiger partial charge in [0.15, 0.2) is 5.78 Å². The fraction of sp³-hybridized carbons (Fsp3) is 0.500. The van der Waals surface area contributed by atoms with Crippen molar-refractivity contribution in [3.63, 3.8) is 0 Å². The second-order valence-electron chi connectivity index (χ2n) is 4.07. The highest BCUT2D eigenvalue weighted by Crippen LogP contribution is 2.24. The minimum atomic E-state index is 0.0281. The molecule has 0 spiro atoms. The molecule has 1 aromatic rings. The average molecular weight is 314 g/mol. The van der Waals surface area contributed by atoms with Crippen LogP contribution in [-0.2, 0) is 0 Å². The van der Waals surface area contributed by atoms with Gasteiger partial charge in [-0.25, -0.2) is 0 Å². The van der Waals surface area contributed by atoms with E-state index in [1.54, 1.807) is 13.0 Å². The molecule has 0 radical (unpaired) electrons. The molecule has 1 aromatic carbocycles. The molecule has 1 rings (SSSR count). The van der Waals surface area contributed by atoms with Gasteiger partial charge in [0.2, 0.25) is 0 Å². The maximum Gasteiger partial charge on any atom is 0.163 e. The smallest absolute Gasteiger partial charge is 0.163 e. The van der Waals surface area contributed by atoms with Gasteiger partial charge in [0.25, 0.3) is 0 Å². The third-order valence-electron chi connectivity index (χ3n) is 2.88. The molecule has 0 N–H and O–H groups in total. The highest BCUT2D eigenvalue weighted by atomic mass is 79.9. The first-order valence-corrected chi connectivity index (χ1v) is 7.03. The minimum Gasteiger partial charge on any atom is -0.491 e. The molecule has 0 aromatic heterocycles. The van der Waals surface area contributed by atoms with Gasteiger partial charge in [0, 0.05) is 11.0 Å². The van der Waals surface area contributed by atoms with Crippen molar-refractivity contribution in [2.24, 2.45) is 0 Å². The number of ether oxygens (including phenoxy) is 1. The van der Waals surface area contributed by atoms with E-state index in [2.05, 4.69) is 34.7 Å². The van der Waals surface area contributed by atoms with Crippen LogP contribution in [0.25, 0.3) is 0 Å². The minimum absolute atomic E-state index is 0.0281. The van der Waals surface area contributed by atoms with Crippen molar-refractivity contribution in [3.05, 3.63) is 28.2 Å². The molecule has 3 nitrogen and oxygen atoms in total. The molecular formula is C14H20BrNO2. The second kappa shape index (κ2) is 7.54. The van der Waals surface area contributed by atoms with Crippen LogP contribution < -0.4 is 4.74 Å². The summed E-state index contributed by atoms with van der Waals surface area (Å²) in [5, 5.41) is 0. The molecule has 0 heterocycles. The summed E-state index contributed by atoms with van der Waals surface area (Å²) in [5.74, 6) is 0.685. The first-order chi connectivity index (χ1) is 8.58. The van der Waals surface area contributed by atoms with Crippen molar-refractivity contribution in [2.75, 3.05) is 26.2 Å². The van der Waals surface area contributed by atoms with Crippen molar-refractivity contribution in [2.45, 2.75) is 20.8 Å². The maximum absolute atomic E-state index is 11.5. The molecule has 0 aliphatic carbocycles. The van der Waals surface area contributed by atoms with Crippen LogP contribution in [0.5, 0.6) is 5.75 Å². The van der Waals surface area contributed by atoms with Crippen molar-refractivity contribution in [1.82, 2.24) is 4.90 Å². The lowest BCUT2D eigenvalue weighted by Gasteiger charge is -2.18. The molecule has 4 heteroatoms. The lowest BCUT2D eigenvalue weighted by molar-refractivity contribution is 0.101. The van der Waals surface area contributed by atoms with Crippen LogP contribution in [0.1, 0.15) is 31.1 Å². The summed E-state index contributed by atoms with van der Waals surface area (Å²) in [6.07, 6.45) is 0. The third kappa shape index (κ3) is 4.42. The van der Waals surface area contributed by atoms with E-state index in [0.29, 0.717) is 17.9 Å². The topological polar surface area (TPSA) is 29.5 Å². The molecule has 100 valence electrons. The first kappa shape index (κ1) is 15.2. The van der Waals surface area contributed by atoms with Crippen LogP contribution in [0.2, 0.25) is 0 Å². The summed E-state index contributed by atoms with van der Waals surface area (Å²) >= 11 is 3.39. The summed E-state index contributed by atoms with van der Waals surface area (Å²) < 4.78 is 6.64. The van der Waals surface area contributed by atoms with Crippen LogP contribution in [-0.4, -0.2) is 36.9 Å². The Morgan fingerprint density at radius 1 is 1.33 bits per heavy atom. The lowest BCUT2D eigenvalue weighted by Crippen LogP contribution is -2.28. The number of Topliss-reactive ketones (excluding diaryl/α,β-unsaturated/α-hetero) is 1. The number of halogens is 1. The highest BCUT2D eigenvalue weighted by molar-refractivity contribution is 9.10. The Balaban J connectivity index is 2.66. The van der Waals surface area contributed by atoms with Crippen LogP contribution in [0.4, 0.5) is 0 Å². The maximum atomic E-state index is 11.5. The second-order valence-corrected chi connectivity index (χ2v) is 4.99. The number of nitrogens with zero attached hydrogens (tertiary/aromatic N) is 1. The van der Waals surface area contributed by atoms with Gasteiger partial charge in [0.05, 0.1) is 5.56 Å². The van der Waals surface area contributed by atoms with Crippen LogP contribution in [0.15, 0.2) is 22.7 Å². The number of hydrogen-bond donors (Lipinski definition) is 0. The van der Waals surface area contributed by atoms with E-state index in [1.807, 2.05) is 12.1 Å². The Morgan fingerprint density at radius 2 is 2.00 bits per heavy atom. The van der Waals surface area contributed by atoms with E-state index in [9.17, 15) is 4.79 Å². The number of carbonyl (C=O) groups is 1. The van der Waals surface area contributed by atoms with Gasteiger partial charge in [-0.2, -0.15) is 0 Å². The molecule has 0 fully saturated rings. The SMILES string of the molecule is CCN(CC)CCOc1cc(Br)ccc1C(C)=O. The molecule has 0 saturated heterocycles. The van der Waals surface area contributed by atoms with Gasteiger partial charge in [-0.15, -0.1) is 0 Å². The summed E-state index contributed by atoms with van der Waals surface area (Å²) in [4.78, 5) is 13.8. The van der Waals surface area contributed by atoms with Crippen molar-refractivity contribution in [3.8, 4) is 5.75 Å². The normalized spacial score (nSPS) is 10.7. The highest BCUT2D eigenvalue weighted by Gasteiger charge is 2.09. The first-order valence-electron chi connectivity index (χ1n) is 6.24. The fourth-order valence-corrected chi connectivity index (χ4v) is 2.07. The Kier molecular flexibility index (Phi) is 6.36. The van der Waals surface area contributed by atoms with Crippen molar-refractivity contribution in [1.29, 1.82) is 0 Å². The number of rotatable bonds is 7. The Labute approximate surface area is 117 Å².